The van der Waals surface area contributed by atoms with Gasteiger partial charge in [0.05, 0.1) is 11.2 Å². The first-order chi connectivity index (χ1) is 13.9. The molecule has 0 saturated carbocycles. The smallest absolute Gasteiger partial charge is 0.422 e. The topological polar surface area (TPSA) is 73.3 Å². The van der Waals surface area contributed by atoms with Crippen LogP contribution in [0.1, 0.15) is 21.6 Å². The molecule has 0 aliphatic carbocycles. The van der Waals surface area contributed by atoms with Crippen LogP contribution in [0.4, 0.5) is 13.2 Å². The van der Waals surface area contributed by atoms with E-state index in [1.165, 1.54) is 29.7 Å². The van der Waals surface area contributed by atoms with Crippen LogP contribution >= 0.6 is 11.3 Å². The molecule has 3 aromatic rings. The summed E-state index contributed by atoms with van der Waals surface area (Å²) in [5.41, 5.74) is 3.55. The molecule has 0 radical (unpaired) electrons. The SMILES string of the molecule is O=C(NCc1ccc(OCC(F)(F)F)nc1)c1cccc(OCc2cscn2)c1. The van der Waals surface area contributed by atoms with Crippen LogP contribution in [-0.4, -0.2) is 28.7 Å². The number of halogens is 3. The maximum atomic E-state index is 12.3. The van der Waals surface area contributed by atoms with Gasteiger partial charge in [0, 0.05) is 29.8 Å². The molecule has 2 aromatic heterocycles. The van der Waals surface area contributed by atoms with Gasteiger partial charge in [-0.1, -0.05) is 12.1 Å². The van der Waals surface area contributed by atoms with Crippen molar-refractivity contribution in [3.8, 4) is 11.6 Å². The first kappa shape index (κ1) is 20.6. The Labute approximate surface area is 168 Å². The number of ether oxygens (including phenoxy) is 2. The third kappa shape index (κ3) is 6.75. The van der Waals surface area contributed by atoms with E-state index in [-0.39, 0.29) is 18.3 Å². The molecule has 1 amide bonds. The number of hydrogen-bond donors (Lipinski definition) is 1. The van der Waals surface area contributed by atoms with Gasteiger partial charge in [0.25, 0.3) is 5.91 Å². The van der Waals surface area contributed by atoms with Gasteiger partial charge in [-0.2, -0.15) is 13.2 Å². The van der Waals surface area contributed by atoms with Crippen LogP contribution in [-0.2, 0) is 13.2 Å². The standard InChI is InChI=1S/C19H16F3N3O3S/c20-19(21,22)11-28-17-5-4-13(7-23-17)8-24-18(26)14-2-1-3-16(6-14)27-9-15-10-29-12-25-15/h1-7,10,12H,8-9,11H2,(H,24,26). The molecule has 6 nitrogen and oxygen atoms in total. The van der Waals surface area contributed by atoms with E-state index in [0.29, 0.717) is 23.5 Å². The lowest BCUT2D eigenvalue weighted by atomic mass is 10.2. The third-order valence-electron chi connectivity index (χ3n) is 3.60. The van der Waals surface area contributed by atoms with Gasteiger partial charge >= 0.3 is 6.18 Å². The second kappa shape index (κ2) is 9.37. The molecule has 1 aromatic carbocycles. The van der Waals surface area contributed by atoms with Crippen LogP contribution in [0.25, 0.3) is 0 Å². The van der Waals surface area contributed by atoms with Crippen LogP contribution < -0.4 is 14.8 Å². The highest BCUT2D eigenvalue weighted by Crippen LogP contribution is 2.18. The zero-order valence-electron chi connectivity index (χ0n) is 15.0. The third-order valence-corrected chi connectivity index (χ3v) is 4.24. The molecule has 10 heteroatoms. The van der Waals surface area contributed by atoms with Crippen molar-refractivity contribution in [1.29, 1.82) is 0 Å². The number of carbonyl (C=O) groups is 1. The molecule has 152 valence electrons. The number of carbonyl (C=O) groups excluding carboxylic acids is 1. The summed E-state index contributed by atoms with van der Waals surface area (Å²) in [5.74, 6) is 0.0855. The van der Waals surface area contributed by atoms with Crippen molar-refractivity contribution < 1.29 is 27.4 Å². The Balaban J connectivity index is 1.50. The van der Waals surface area contributed by atoms with Crippen molar-refractivity contribution in [3.63, 3.8) is 0 Å². The van der Waals surface area contributed by atoms with Crippen LogP contribution in [0.2, 0.25) is 0 Å². The summed E-state index contributed by atoms with van der Waals surface area (Å²) < 4.78 is 46.5. The average molecular weight is 423 g/mol. The van der Waals surface area contributed by atoms with Gasteiger partial charge in [-0.3, -0.25) is 4.79 Å². The fourth-order valence-electron chi connectivity index (χ4n) is 2.23. The first-order valence-corrected chi connectivity index (χ1v) is 9.36. The molecule has 2 heterocycles. The van der Waals surface area contributed by atoms with E-state index >= 15 is 0 Å². The molecule has 3 rings (SSSR count). The van der Waals surface area contributed by atoms with E-state index in [1.54, 1.807) is 29.8 Å². The van der Waals surface area contributed by atoms with Gasteiger partial charge in [0.1, 0.15) is 12.4 Å². The second-order valence-electron chi connectivity index (χ2n) is 5.89. The van der Waals surface area contributed by atoms with Crippen LogP contribution in [0.15, 0.2) is 53.5 Å². The van der Waals surface area contributed by atoms with Crippen LogP contribution in [0, 0.1) is 0 Å². The number of nitrogens with one attached hydrogen (secondary N) is 1. The molecule has 29 heavy (non-hydrogen) atoms. The molecule has 0 fully saturated rings. The predicted octanol–water partition coefficient (Wildman–Crippen LogP) is 3.99. The maximum absolute atomic E-state index is 12.3. The number of benzene rings is 1. The Bertz CT molecular complexity index is 932. The zero-order chi connectivity index (χ0) is 20.7. The molecule has 0 atom stereocenters. The van der Waals surface area contributed by atoms with Crippen molar-refractivity contribution in [2.45, 2.75) is 19.3 Å². The number of rotatable bonds is 8. The highest BCUT2D eigenvalue weighted by Gasteiger charge is 2.28. The minimum atomic E-state index is -4.42. The number of thiazole rings is 1. The summed E-state index contributed by atoms with van der Waals surface area (Å²) in [6, 6.07) is 9.57. The molecule has 0 saturated heterocycles. The fraction of sp³-hybridized carbons (Fsp3) is 0.211. The zero-order valence-corrected chi connectivity index (χ0v) is 15.8. The summed E-state index contributed by atoms with van der Waals surface area (Å²) in [6.07, 6.45) is -3.08. The Morgan fingerprint density at radius 2 is 2.00 bits per heavy atom. The maximum Gasteiger partial charge on any atom is 0.422 e. The Morgan fingerprint density at radius 3 is 2.69 bits per heavy atom. The van der Waals surface area contributed by atoms with E-state index in [2.05, 4.69) is 20.0 Å². The van der Waals surface area contributed by atoms with Gasteiger partial charge < -0.3 is 14.8 Å². The van der Waals surface area contributed by atoms with Crippen molar-refractivity contribution in [2.24, 2.45) is 0 Å². The highest BCUT2D eigenvalue weighted by molar-refractivity contribution is 7.07. The number of pyridine rings is 1. The lowest BCUT2D eigenvalue weighted by molar-refractivity contribution is -0.154. The molecule has 0 bridgehead atoms. The predicted molar refractivity (Wildman–Crippen MR) is 99.8 cm³/mol. The molecule has 0 aliphatic heterocycles. The monoisotopic (exact) mass is 423 g/mol. The van der Waals surface area contributed by atoms with Crippen LogP contribution in [0.3, 0.4) is 0 Å². The summed E-state index contributed by atoms with van der Waals surface area (Å²) in [6.45, 7) is -0.935. The summed E-state index contributed by atoms with van der Waals surface area (Å²) in [5, 5.41) is 4.60. The number of nitrogens with zero attached hydrogens (tertiary/aromatic N) is 2. The van der Waals surface area contributed by atoms with Gasteiger partial charge in [-0.15, -0.1) is 11.3 Å². The number of aromatic nitrogens is 2. The largest absolute Gasteiger partial charge is 0.487 e. The molecule has 0 unspecified atom stereocenters. The Morgan fingerprint density at radius 1 is 1.14 bits per heavy atom. The average Bonchev–Trinajstić information content (AvgIpc) is 3.23. The van der Waals surface area contributed by atoms with Gasteiger partial charge in [0.2, 0.25) is 5.88 Å². The van der Waals surface area contributed by atoms with Gasteiger partial charge in [-0.25, -0.2) is 9.97 Å². The normalized spacial score (nSPS) is 11.1. The second-order valence-corrected chi connectivity index (χ2v) is 6.61. The molecule has 1 N–H and O–H groups in total. The van der Waals surface area contributed by atoms with Crippen molar-refractivity contribution in [2.75, 3.05) is 6.61 Å². The minimum Gasteiger partial charge on any atom is -0.487 e. The summed E-state index contributed by atoms with van der Waals surface area (Å²) in [7, 11) is 0. The van der Waals surface area contributed by atoms with Crippen molar-refractivity contribution in [3.05, 3.63) is 70.3 Å². The van der Waals surface area contributed by atoms with E-state index < -0.39 is 12.8 Å². The molecule has 0 aliphatic rings. The van der Waals surface area contributed by atoms with Gasteiger partial charge in [0.15, 0.2) is 6.61 Å². The minimum absolute atomic E-state index is 0.137. The van der Waals surface area contributed by atoms with Crippen molar-refractivity contribution >= 4 is 17.2 Å². The summed E-state index contributed by atoms with van der Waals surface area (Å²) >= 11 is 1.47. The fourth-order valence-corrected chi connectivity index (χ4v) is 2.78. The van der Waals surface area contributed by atoms with E-state index in [9.17, 15) is 18.0 Å². The molecule has 0 spiro atoms. The number of amides is 1. The lowest BCUT2D eigenvalue weighted by Gasteiger charge is -2.10. The van der Waals surface area contributed by atoms with Crippen molar-refractivity contribution in [1.82, 2.24) is 15.3 Å². The summed E-state index contributed by atoms with van der Waals surface area (Å²) in [4.78, 5) is 20.3. The number of alkyl halides is 3. The van der Waals surface area contributed by atoms with Gasteiger partial charge in [-0.05, 0) is 23.8 Å². The van der Waals surface area contributed by atoms with Crippen LogP contribution in [0.5, 0.6) is 11.6 Å². The number of hydrogen-bond acceptors (Lipinski definition) is 6. The Hall–Kier alpha value is -3.14. The molecular weight excluding hydrogens is 407 g/mol. The quantitative estimate of drug-likeness (QED) is 0.593. The Kier molecular flexibility index (Phi) is 6.65. The molecular formula is C19H16F3N3O3S. The first-order valence-electron chi connectivity index (χ1n) is 8.42. The van der Waals surface area contributed by atoms with E-state index in [0.717, 1.165) is 5.69 Å². The van der Waals surface area contributed by atoms with E-state index in [1.807, 2.05) is 5.38 Å². The van der Waals surface area contributed by atoms with E-state index in [4.69, 9.17) is 4.74 Å². The lowest BCUT2D eigenvalue weighted by Crippen LogP contribution is -2.23. The highest BCUT2D eigenvalue weighted by atomic mass is 32.1.